The molecule has 8 heteroatoms. The summed E-state index contributed by atoms with van der Waals surface area (Å²) in [5, 5.41) is 0. The maximum absolute atomic E-state index is 2.77. The van der Waals surface area contributed by atoms with Gasteiger partial charge in [0, 0.05) is 93.1 Å². The van der Waals surface area contributed by atoms with Crippen LogP contribution in [0.3, 0.4) is 0 Å². The molecule has 8 nitrogen and oxygen atoms in total. The first-order valence-electron chi connectivity index (χ1n) is 20.9. The Balaban J connectivity index is 0. The van der Waals surface area contributed by atoms with Gasteiger partial charge in [-0.1, -0.05) is 67.2 Å². The van der Waals surface area contributed by atoms with Gasteiger partial charge in [0.1, 0.15) is 0 Å². The van der Waals surface area contributed by atoms with Crippen molar-refractivity contribution in [1.29, 1.82) is 0 Å². The molecule has 0 heterocycles. The molecule has 292 valence electrons. The molecule has 0 amide bonds. The van der Waals surface area contributed by atoms with Gasteiger partial charge in [-0.15, -0.1) is 0 Å². The lowest BCUT2D eigenvalue weighted by Gasteiger charge is -2.32. The van der Waals surface area contributed by atoms with Crippen molar-refractivity contribution in [2.24, 2.45) is 0 Å². The van der Waals surface area contributed by atoms with Crippen LogP contribution >= 0.6 is 0 Å². The summed E-state index contributed by atoms with van der Waals surface area (Å²) in [6, 6.07) is 0. The van der Waals surface area contributed by atoms with Gasteiger partial charge in [0.15, 0.2) is 0 Å². The van der Waals surface area contributed by atoms with Gasteiger partial charge in [-0.05, 0) is 106 Å². The smallest absolute Gasteiger partial charge is 0.0110 e. The molecule has 0 N–H and O–H groups in total. The Morgan fingerprint density at radius 1 is 0.229 bits per heavy atom. The summed E-state index contributed by atoms with van der Waals surface area (Å²) in [4.78, 5) is 21.1. The van der Waals surface area contributed by atoms with Crippen LogP contribution in [0.5, 0.6) is 0 Å². The molecule has 0 saturated heterocycles. The molecule has 0 saturated carbocycles. The van der Waals surface area contributed by atoms with Gasteiger partial charge >= 0.3 is 0 Å². The van der Waals surface area contributed by atoms with E-state index in [1.54, 1.807) is 0 Å². The summed E-state index contributed by atoms with van der Waals surface area (Å²) < 4.78 is 0. The first-order chi connectivity index (χ1) is 23.2. The topological polar surface area (TPSA) is 25.9 Å². The van der Waals surface area contributed by atoms with Crippen molar-refractivity contribution in [2.45, 2.75) is 106 Å². The quantitative estimate of drug-likeness (QED) is 0.0716. The van der Waals surface area contributed by atoms with Crippen molar-refractivity contribution in [3.8, 4) is 0 Å². The molecule has 0 radical (unpaired) electrons. The molecule has 0 unspecified atom stereocenters. The molecular weight excluding hydrogens is 592 g/mol. The van der Waals surface area contributed by atoms with E-state index in [-0.39, 0.29) is 1.43 Å². The number of nitrogens with zero attached hydrogens (tertiary/aromatic N) is 8. The van der Waals surface area contributed by atoms with Crippen LogP contribution in [-0.4, -0.2) is 198 Å². The van der Waals surface area contributed by atoms with E-state index in [4.69, 9.17) is 0 Å². The van der Waals surface area contributed by atoms with Gasteiger partial charge in [0.2, 0.25) is 0 Å². The molecular formula is C40H92N8. The number of hydrogen-bond acceptors (Lipinski definition) is 8. The zero-order valence-corrected chi connectivity index (χ0v) is 34.8. The van der Waals surface area contributed by atoms with Crippen LogP contribution in [0.1, 0.15) is 107 Å². The van der Waals surface area contributed by atoms with Crippen LogP contribution < -0.4 is 0 Å². The van der Waals surface area contributed by atoms with Crippen molar-refractivity contribution < 1.29 is 1.43 Å². The van der Waals surface area contributed by atoms with Crippen molar-refractivity contribution in [3.05, 3.63) is 0 Å². The Kier molecular flexibility index (Phi) is 33.6. The fourth-order valence-corrected chi connectivity index (χ4v) is 6.52. The highest BCUT2D eigenvalue weighted by molar-refractivity contribution is 4.71. The molecule has 0 aromatic rings. The molecule has 0 aliphatic rings. The predicted molar refractivity (Wildman–Crippen MR) is 218 cm³/mol. The molecule has 0 aromatic heterocycles. The maximum Gasteiger partial charge on any atom is 0.0110 e. The summed E-state index contributed by atoms with van der Waals surface area (Å²) in [5.74, 6) is 0. The molecule has 0 aromatic carbocycles. The van der Waals surface area contributed by atoms with Crippen molar-refractivity contribution in [3.63, 3.8) is 0 Å². The lowest BCUT2D eigenvalue weighted by molar-refractivity contribution is 0.149. The monoisotopic (exact) mass is 685 g/mol. The number of hydrogen-bond donors (Lipinski definition) is 0. The number of unbranched alkanes of at least 4 members (excludes halogenated alkanes) is 4. The molecule has 48 heavy (non-hydrogen) atoms. The third-order valence-electron chi connectivity index (χ3n) is 9.97. The van der Waals surface area contributed by atoms with Gasteiger partial charge in [-0.2, -0.15) is 0 Å². The SMILES string of the molecule is CCCCCCN(CCCC)CCN(CCN(C)CCC)CCN(C)CCN(CCC)CCN(CCN(C)CCC)CCN(C)CCC.[HH]. The first-order valence-corrected chi connectivity index (χ1v) is 20.9. The summed E-state index contributed by atoms with van der Waals surface area (Å²) in [7, 11) is 9.22. The predicted octanol–water partition coefficient (Wildman–Crippen LogP) is 6.19. The zero-order chi connectivity index (χ0) is 35.8. The molecule has 0 aliphatic heterocycles. The van der Waals surface area contributed by atoms with Gasteiger partial charge in [0.25, 0.3) is 0 Å². The van der Waals surface area contributed by atoms with E-state index in [1.807, 2.05) is 0 Å². The molecule has 0 aliphatic carbocycles. The van der Waals surface area contributed by atoms with Crippen molar-refractivity contribution in [1.82, 2.24) is 39.2 Å². The zero-order valence-electron chi connectivity index (χ0n) is 34.8. The lowest BCUT2D eigenvalue weighted by Crippen LogP contribution is -2.45. The van der Waals surface area contributed by atoms with E-state index in [0.29, 0.717) is 0 Å². The summed E-state index contributed by atoms with van der Waals surface area (Å²) in [6.07, 6.45) is 13.0. The minimum absolute atomic E-state index is 0. The maximum atomic E-state index is 2.77. The van der Waals surface area contributed by atoms with E-state index >= 15 is 0 Å². The van der Waals surface area contributed by atoms with Crippen LogP contribution in [0.4, 0.5) is 0 Å². The fourth-order valence-electron chi connectivity index (χ4n) is 6.52. The average molecular weight is 685 g/mol. The van der Waals surface area contributed by atoms with E-state index in [9.17, 15) is 0 Å². The Morgan fingerprint density at radius 2 is 0.500 bits per heavy atom. The molecule has 0 fully saturated rings. The second-order valence-corrected chi connectivity index (χ2v) is 15.0. The van der Waals surface area contributed by atoms with E-state index < -0.39 is 0 Å². The van der Waals surface area contributed by atoms with E-state index in [2.05, 4.69) is 109 Å². The van der Waals surface area contributed by atoms with Crippen LogP contribution in [0.15, 0.2) is 0 Å². The standard InChI is InChI=1S/C40H90N8.H2/c1-11-17-19-20-26-46(25-18-12-2)38-40-48(35-29-43(9)23-15-5)36-31-44(10)30-32-45(24-16-6)37-39-47(33-27-41(7)21-13-3)34-28-42(8)22-14-4;/h11-40H2,1-10H3;1H. The second-order valence-electron chi connectivity index (χ2n) is 15.0. The van der Waals surface area contributed by atoms with Gasteiger partial charge in [-0.25, -0.2) is 0 Å². The van der Waals surface area contributed by atoms with Crippen molar-refractivity contribution >= 4 is 0 Å². The largest absolute Gasteiger partial charge is 0.305 e. The summed E-state index contributed by atoms with van der Waals surface area (Å²) >= 11 is 0. The third kappa shape index (κ3) is 28.4. The Bertz CT molecular complexity index is 644. The first kappa shape index (κ1) is 47.7. The van der Waals surface area contributed by atoms with Crippen LogP contribution in [0, 0.1) is 0 Å². The highest BCUT2D eigenvalue weighted by Crippen LogP contribution is 2.05. The summed E-state index contributed by atoms with van der Waals surface area (Å²) in [6.45, 7) is 37.7. The summed E-state index contributed by atoms with van der Waals surface area (Å²) in [5.41, 5.74) is 0. The third-order valence-corrected chi connectivity index (χ3v) is 9.97. The Hall–Kier alpha value is -0.320. The Morgan fingerprint density at radius 3 is 0.833 bits per heavy atom. The number of rotatable bonds is 37. The lowest BCUT2D eigenvalue weighted by atomic mass is 10.2. The van der Waals surface area contributed by atoms with E-state index in [1.165, 1.54) is 182 Å². The van der Waals surface area contributed by atoms with E-state index in [0.717, 1.165) is 13.1 Å². The van der Waals surface area contributed by atoms with Gasteiger partial charge < -0.3 is 29.4 Å². The highest BCUT2D eigenvalue weighted by atomic mass is 15.3. The van der Waals surface area contributed by atoms with Crippen molar-refractivity contribution in [2.75, 3.05) is 159 Å². The fraction of sp³-hybridized carbons (Fsp3) is 1.00. The van der Waals surface area contributed by atoms with Crippen LogP contribution in [0.25, 0.3) is 0 Å². The molecule has 0 rings (SSSR count). The molecule has 0 bridgehead atoms. The highest BCUT2D eigenvalue weighted by Gasteiger charge is 2.14. The van der Waals surface area contributed by atoms with Gasteiger partial charge in [0.05, 0.1) is 0 Å². The minimum Gasteiger partial charge on any atom is -0.305 e. The normalized spacial score (nSPS) is 12.6. The van der Waals surface area contributed by atoms with Crippen LogP contribution in [0.2, 0.25) is 0 Å². The number of likely N-dealkylation sites (N-methyl/N-ethyl adjacent to an activating group) is 4. The Labute approximate surface area is 305 Å². The average Bonchev–Trinajstić information content (AvgIpc) is 3.06. The van der Waals surface area contributed by atoms with Gasteiger partial charge in [-0.3, -0.25) is 9.80 Å². The minimum atomic E-state index is 0. The second kappa shape index (κ2) is 33.8. The van der Waals surface area contributed by atoms with Crippen LogP contribution in [-0.2, 0) is 0 Å². The molecule has 0 atom stereocenters. The molecule has 0 spiro atoms.